The van der Waals surface area contributed by atoms with Crippen LogP contribution in [0.15, 0.2) is 60.7 Å². The minimum atomic E-state index is -0.720. The first-order valence-electron chi connectivity index (χ1n) is 9.94. The Balaban J connectivity index is 1.50. The van der Waals surface area contributed by atoms with Crippen LogP contribution in [0.4, 0.5) is 0 Å². The van der Waals surface area contributed by atoms with E-state index in [0.717, 1.165) is 19.3 Å². The van der Waals surface area contributed by atoms with Gasteiger partial charge in [-0.1, -0.05) is 48.5 Å². The standard InChI is InChI=1S/C23H27NO4/c1-27-23-20(24-22(26)16-10-6-3-7-11-16)21(25)18-14-17(12-13-19(18)28-23)15-8-4-2-5-9-15/h2-11,17-21,23,25H,12-14H2,1H3,(H,24,26)/t17-,18-,19+,20-,21-,23-/m1/s1. The van der Waals surface area contributed by atoms with E-state index in [1.54, 1.807) is 19.2 Å². The minimum absolute atomic E-state index is 0.0357. The zero-order chi connectivity index (χ0) is 19.5. The van der Waals surface area contributed by atoms with Crippen molar-refractivity contribution in [2.75, 3.05) is 7.11 Å². The topological polar surface area (TPSA) is 67.8 Å². The normalized spacial score (nSPS) is 32.4. The van der Waals surface area contributed by atoms with Gasteiger partial charge in [-0.15, -0.1) is 0 Å². The number of carbonyl (C=O) groups excluding carboxylic acids is 1. The lowest BCUT2D eigenvalue weighted by Crippen LogP contribution is -2.62. The number of aliphatic hydroxyl groups is 1. The van der Waals surface area contributed by atoms with Crippen LogP contribution in [-0.2, 0) is 9.47 Å². The summed E-state index contributed by atoms with van der Waals surface area (Å²) in [5, 5.41) is 14.1. The molecule has 1 aliphatic heterocycles. The molecule has 28 heavy (non-hydrogen) atoms. The second-order valence-corrected chi connectivity index (χ2v) is 7.72. The fourth-order valence-electron chi connectivity index (χ4n) is 4.60. The predicted molar refractivity (Wildman–Crippen MR) is 106 cm³/mol. The second-order valence-electron chi connectivity index (χ2n) is 7.72. The lowest BCUT2D eigenvalue weighted by atomic mass is 9.71. The van der Waals surface area contributed by atoms with Crippen LogP contribution in [0.2, 0.25) is 0 Å². The molecule has 6 atom stereocenters. The van der Waals surface area contributed by atoms with Gasteiger partial charge in [-0.2, -0.15) is 0 Å². The first kappa shape index (κ1) is 19.1. The number of aliphatic hydroxyl groups excluding tert-OH is 1. The van der Waals surface area contributed by atoms with Crippen molar-refractivity contribution in [3.05, 3.63) is 71.8 Å². The van der Waals surface area contributed by atoms with Gasteiger partial charge < -0.3 is 19.9 Å². The van der Waals surface area contributed by atoms with E-state index in [0.29, 0.717) is 11.5 Å². The van der Waals surface area contributed by atoms with E-state index in [1.807, 2.05) is 24.3 Å². The molecular weight excluding hydrogens is 354 g/mol. The first-order valence-corrected chi connectivity index (χ1v) is 9.94. The van der Waals surface area contributed by atoms with Crippen LogP contribution in [0.1, 0.15) is 41.1 Å². The molecule has 1 saturated heterocycles. The Kier molecular flexibility index (Phi) is 5.76. The molecule has 0 bridgehead atoms. The van der Waals surface area contributed by atoms with Gasteiger partial charge in [0, 0.05) is 18.6 Å². The number of fused-ring (bicyclic) bond motifs is 1. The van der Waals surface area contributed by atoms with E-state index in [9.17, 15) is 9.90 Å². The number of carbonyl (C=O) groups is 1. The Morgan fingerprint density at radius 3 is 2.43 bits per heavy atom. The van der Waals surface area contributed by atoms with Gasteiger partial charge in [0.1, 0.15) is 6.04 Å². The van der Waals surface area contributed by atoms with Gasteiger partial charge in [0.05, 0.1) is 12.2 Å². The van der Waals surface area contributed by atoms with Crippen molar-refractivity contribution < 1.29 is 19.4 Å². The van der Waals surface area contributed by atoms with Crippen LogP contribution >= 0.6 is 0 Å². The molecule has 5 nitrogen and oxygen atoms in total. The van der Waals surface area contributed by atoms with Gasteiger partial charge >= 0.3 is 0 Å². The van der Waals surface area contributed by atoms with Crippen LogP contribution in [0.3, 0.4) is 0 Å². The summed E-state index contributed by atoms with van der Waals surface area (Å²) in [4.78, 5) is 12.6. The van der Waals surface area contributed by atoms with Crippen molar-refractivity contribution in [1.82, 2.24) is 5.32 Å². The zero-order valence-electron chi connectivity index (χ0n) is 16.0. The largest absolute Gasteiger partial charge is 0.390 e. The molecule has 0 spiro atoms. The molecule has 1 aliphatic carbocycles. The maximum atomic E-state index is 12.6. The molecule has 2 fully saturated rings. The Morgan fingerprint density at radius 2 is 1.75 bits per heavy atom. The minimum Gasteiger partial charge on any atom is -0.390 e. The summed E-state index contributed by atoms with van der Waals surface area (Å²) in [6, 6.07) is 18.8. The van der Waals surface area contributed by atoms with Gasteiger partial charge in [-0.25, -0.2) is 0 Å². The highest BCUT2D eigenvalue weighted by atomic mass is 16.7. The highest BCUT2D eigenvalue weighted by Gasteiger charge is 2.48. The molecule has 5 heteroatoms. The van der Waals surface area contributed by atoms with E-state index < -0.39 is 18.4 Å². The number of methoxy groups -OCH3 is 1. The Labute approximate surface area is 165 Å². The van der Waals surface area contributed by atoms with Crippen molar-refractivity contribution in [3.8, 4) is 0 Å². The van der Waals surface area contributed by atoms with E-state index in [1.165, 1.54) is 5.56 Å². The van der Waals surface area contributed by atoms with Gasteiger partial charge in [-0.05, 0) is 42.9 Å². The summed E-state index contributed by atoms with van der Waals surface area (Å²) < 4.78 is 11.6. The van der Waals surface area contributed by atoms with Crippen molar-refractivity contribution in [2.45, 2.75) is 49.7 Å². The number of hydrogen-bond donors (Lipinski definition) is 2. The molecule has 2 aromatic rings. The van der Waals surface area contributed by atoms with Crippen LogP contribution in [0.25, 0.3) is 0 Å². The third kappa shape index (κ3) is 3.83. The van der Waals surface area contributed by atoms with Crippen LogP contribution in [-0.4, -0.2) is 42.7 Å². The second kappa shape index (κ2) is 8.43. The van der Waals surface area contributed by atoms with Crippen molar-refractivity contribution >= 4 is 5.91 Å². The molecular formula is C23H27NO4. The summed E-state index contributed by atoms with van der Waals surface area (Å²) >= 11 is 0. The quantitative estimate of drug-likeness (QED) is 0.854. The van der Waals surface area contributed by atoms with E-state index in [2.05, 4.69) is 29.6 Å². The average Bonchev–Trinajstić information content (AvgIpc) is 2.76. The van der Waals surface area contributed by atoms with Crippen LogP contribution in [0, 0.1) is 5.92 Å². The molecule has 0 unspecified atom stereocenters. The highest BCUT2D eigenvalue weighted by molar-refractivity contribution is 5.94. The zero-order valence-corrected chi connectivity index (χ0v) is 16.0. The maximum Gasteiger partial charge on any atom is 0.251 e. The molecule has 2 aliphatic rings. The lowest BCUT2D eigenvalue weighted by Gasteiger charge is -2.48. The number of nitrogens with one attached hydrogen (secondary N) is 1. The summed E-state index contributed by atoms with van der Waals surface area (Å²) in [6.07, 6.45) is 1.31. The van der Waals surface area contributed by atoms with Gasteiger partial charge in [0.2, 0.25) is 0 Å². The molecule has 4 rings (SSSR count). The third-order valence-electron chi connectivity index (χ3n) is 6.08. The summed E-state index contributed by atoms with van der Waals surface area (Å²) in [7, 11) is 1.55. The fourth-order valence-corrected chi connectivity index (χ4v) is 4.60. The molecule has 1 heterocycles. The van der Waals surface area contributed by atoms with E-state index in [4.69, 9.17) is 9.47 Å². The van der Waals surface area contributed by atoms with Gasteiger partial charge in [0.25, 0.3) is 5.91 Å². The van der Waals surface area contributed by atoms with E-state index >= 15 is 0 Å². The molecule has 148 valence electrons. The SMILES string of the molecule is CO[C@@H]1O[C@H]2CC[C@@H](c3ccccc3)C[C@H]2[C@@H](O)[C@H]1NC(=O)c1ccccc1. The van der Waals surface area contributed by atoms with Crippen molar-refractivity contribution in [1.29, 1.82) is 0 Å². The number of ether oxygens (including phenoxy) is 2. The lowest BCUT2D eigenvalue weighted by molar-refractivity contribution is -0.248. The Morgan fingerprint density at radius 1 is 1.07 bits per heavy atom. The molecule has 2 N–H and O–H groups in total. The Hall–Kier alpha value is -2.21. The highest BCUT2D eigenvalue weighted by Crippen LogP contribution is 2.43. The van der Waals surface area contributed by atoms with Crippen LogP contribution < -0.4 is 5.32 Å². The molecule has 0 radical (unpaired) electrons. The Bertz CT molecular complexity index is 782. The van der Waals surface area contributed by atoms with Gasteiger partial charge in [0.15, 0.2) is 6.29 Å². The monoisotopic (exact) mass is 381 g/mol. The molecule has 0 aromatic heterocycles. The molecule has 1 amide bonds. The fraction of sp³-hybridized carbons (Fsp3) is 0.435. The smallest absolute Gasteiger partial charge is 0.251 e. The number of benzene rings is 2. The maximum absolute atomic E-state index is 12.6. The van der Waals surface area contributed by atoms with Crippen LogP contribution in [0.5, 0.6) is 0 Å². The van der Waals surface area contributed by atoms with E-state index in [-0.39, 0.29) is 17.9 Å². The summed E-state index contributed by atoms with van der Waals surface area (Å²) in [6.45, 7) is 0. The molecule has 1 saturated carbocycles. The molecule has 2 aromatic carbocycles. The third-order valence-corrected chi connectivity index (χ3v) is 6.08. The van der Waals surface area contributed by atoms with Gasteiger partial charge in [-0.3, -0.25) is 4.79 Å². The summed E-state index contributed by atoms with van der Waals surface area (Å²) in [5.74, 6) is 0.126. The summed E-state index contributed by atoms with van der Waals surface area (Å²) in [5.41, 5.74) is 1.85. The van der Waals surface area contributed by atoms with Crippen molar-refractivity contribution in [3.63, 3.8) is 0 Å². The number of hydrogen-bond acceptors (Lipinski definition) is 4. The number of amides is 1. The van der Waals surface area contributed by atoms with Crippen molar-refractivity contribution in [2.24, 2.45) is 5.92 Å². The first-order chi connectivity index (χ1) is 13.7. The average molecular weight is 381 g/mol. The predicted octanol–water partition coefficient (Wildman–Crippen LogP) is 3.10. The number of rotatable bonds is 4.